The maximum atomic E-state index is 9.27. The van der Waals surface area contributed by atoms with E-state index < -0.39 is 0 Å². The van der Waals surface area contributed by atoms with E-state index in [0.29, 0.717) is 17.9 Å². The lowest BCUT2D eigenvalue weighted by Crippen LogP contribution is -2.28. The topological polar surface area (TPSA) is 54.2 Å². The van der Waals surface area contributed by atoms with E-state index >= 15 is 0 Å². The van der Waals surface area contributed by atoms with Crippen molar-refractivity contribution in [3.63, 3.8) is 0 Å². The summed E-state index contributed by atoms with van der Waals surface area (Å²) in [6.07, 6.45) is 3.12. The standard InChI is InChI=1S/C14H24N4O/c1-10(2)17-5-4-12(8-17)14-16-15-13-7-11(9-19)3-6-18(13)14/h10-12,19H,3-9H2,1-2H3. The molecule has 1 aromatic rings. The molecule has 0 amide bonds. The maximum absolute atomic E-state index is 9.27. The van der Waals surface area contributed by atoms with Crippen LogP contribution in [0.2, 0.25) is 0 Å². The lowest BCUT2D eigenvalue weighted by Gasteiger charge is -2.23. The number of aliphatic hydroxyl groups excluding tert-OH is 1. The molecule has 19 heavy (non-hydrogen) atoms. The molecule has 106 valence electrons. The van der Waals surface area contributed by atoms with Crippen LogP contribution in [0.25, 0.3) is 0 Å². The molecular weight excluding hydrogens is 240 g/mol. The molecule has 0 bridgehead atoms. The number of nitrogens with zero attached hydrogens (tertiary/aromatic N) is 4. The molecule has 0 saturated carbocycles. The Balaban J connectivity index is 1.75. The van der Waals surface area contributed by atoms with Crippen molar-refractivity contribution in [2.75, 3.05) is 19.7 Å². The largest absolute Gasteiger partial charge is 0.396 e. The number of hydrogen-bond acceptors (Lipinski definition) is 4. The zero-order valence-corrected chi connectivity index (χ0v) is 11.9. The van der Waals surface area contributed by atoms with Gasteiger partial charge in [-0.1, -0.05) is 0 Å². The summed E-state index contributed by atoms with van der Waals surface area (Å²) in [4.78, 5) is 2.52. The SMILES string of the molecule is CC(C)N1CCC(c2nnc3n2CCC(CO)C3)C1. The number of hydrogen-bond donors (Lipinski definition) is 1. The quantitative estimate of drug-likeness (QED) is 0.886. The van der Waals surface area contributed by atoms with Gasteiger partial charge in [0, 0.05) is 38.1 Å². The maximum Gasteiger partial charge on any atom is 0.137 e. The molecule has 1 aromatic heterocycles. The number of fused-ring (bicyclic) bond motifs is 1. The fourth-order valence-electron chi connectivity index (χ4n) is 3.34. The first kappa shape index (κ1) is 13.1. The minimum atomic E-state index is 0.271. The molecule has 0 aromatic carbocycles. The third-order valence-electron chi connectivity index (χ3n) is 4.66. The molecule has 2 aliphatic heterocycles. The summed E-state index contributed by atoms with van der Waals surface area (Å²) < 4.78 is 2.31. The summed E-state index contributed by atoms with van der Waals surface area (Å²) in [5.41, 5.74) is 0. The lowest BCUT2D eigenvalue weighted by atomic mass is 9.98. The van der Waals surface area contributed by atoms with Crippen molar-refractivity contribution in [3.05, 3.63) is 11.6 Å². The van der Waals surface area contributed by atoms with Gasteiger partial charge in [-0.25, -0.2) is 0 Å². The predicted octanol–water partition coefficient (Wildman–Crippen LogP) is 1.03. The van der Waals surface area contributed by atoms with E-state index in [1.54, 1.807) is 0 Å². The minimum Gasteiger partial charge on any atom is -0.396 e. The summed E-state index contributed by atoms with van der Waals surface area (Å²) in [6, 6.07) is 0.618. The number of aliphatic hydroxyl groups is 1. The van der Waals surface area contributed by atoms with Crippen LogP contribution in [0.1, 0.15) is 44.3 Å². The summed E-state index contributed by atoms with van der Waals surface area (Å²) >= 11 is 0. The average molecular weight is 264 g/mol. The molecule has 1 fully saturated rings. The van der Waals surface area contributed by atoms with E-state index in [2.05, 4.69) is 33.5 Å². The van der Waals surface area contributed by atoms with Gasteiger partial charge >= 0.3 is 0 Å². The molecule has 2 aliphatic rings. The van der Waals surface area contributed by atoms with Gasteiger partial charge in [-0.05, 0) is 39.2 Å². The molecule has 5 nitrogen and oxygen atoms in total. The monoisotopic (exact) mass is 264 g/mol. The Bertz CT molecular complexity index is 443. The molecule has 3 heterocycles. The van der Waals surface area contributed by atoms with E-state index in [4.69, 9.17) is 0 Å². The van der Waals surface area contributed by atoms with Gasteiger partial charge in [-0.2, -0.15) is 0 Å². The molecule has 3 rings (SSSR count). The summed E-state index contributed by atoms with van der Waals surface area (Å²) in [7, 11) is 0. The van der Waals surface area contributed by atoms with E-state index in [1.165, 1.54) is 18.8 Å². The average Bonchev–Trinajstić information content (AvgIpc) is 3.03. The number of rotatable bonds is 3. The van der Waals surface area contributed by atoms with Crippen molar-refractivity contribution >= 4 is 0 Å². The Morgan fingerprint density at radius 3 is 2.79 bits per heavy atom. The molecule has 0 radical (unpaired) electrons. The second kappa shape index (κ2) is 5.21. The Morgan fingerprint density at radius 2 is 2.11 bits per heavy atom. The van der Waals surface area contributed by atoms with E-state index in [9.17, 15) is 5.11 Å². The van der Waals surface area contributed by atoms with E-state index in [0.717, 1.165) is 31.8 Å². The van der Waals surface area contributed by atoms with E-state index in [-0.39, 0.29) is 6.61 Å². The molecule has 1 saturated heterocycles. The third kappa shape index (κ3) is 2.41. The van der Waals surface area contributed by atoms with Crippen molar-refractivity contribution in [1.29, 1.82) is 0 Å². The Hall–Kier alpha value is -0.940. The van der Waals surface area contributed by atoms with Gasteiger partial charge in [0.1, 0.15) is 11.6 Å². The van der Waals surface area contributed by atoms with Crippen LogP contribution in [0, 0.1) is 5.92 Å². The second-order valence-electron chi connectivity index (χ2n) is 6.24. The van der Waals surface area contributed by atoms with Crippen molar-refractivity contribution in [2.24, 2.45) is 5.92 Å². The summed E-state index contributed by atoms with van der Waals surface area (Å²) in [5.74, 6) is 3.16. The zero-order chi connectivity index (χ0) is 13.4. The third-order valence-corrected chi connectivity index (χ3v) is 4.66. The van der Waals surface area contributed by atoms with Crippen LogP contribution >= 0.6 is 0 Å². The molecule has 0 aliphatic carbocycles. The van der Waals surface area contributed by atoms with Gasteiger partial charge in [0.05, 0.1) is 0 Å². The van der Waals surface area contributed by atoms with Gasteiger partial charge < -0.3 is 14.6 Å². The highest BCUT2D eigenvalue weighted by Gasteiger charge is 2.31. The molecular formula is C14H24N4O. The lowest BCUT2D eigenvalue weighted by molar-refractivity contribution is 0.198. The van der Waals surface area contributed by atoms with Crippen LogP contribution in [0.15, 0.2) is 0 Å². The predicted molar refractivity (Wildman–Crippen MR) is 73.0 cm³/mol. The summed E-state index contributed by atoms with van der Waals surface area (Å²) in [6.45, 7) is 8.04. The fourth-order valence-corrected chi connectivity index (χ4v) is 3.34. The molecule has 2 unspecified atom stereocenters. The van der Waals surface area contributed by atoms with Crippen LogP contribution in [-0.4, -0.2) is 50.5 Å². The zero-order valence-electron chi connectivity index (χ0n) is 11.9. The molecule has 2 atom stereocenters. The first-order valence-electron chi connectivity index (χ1n) is 7.46. The van der Waals surface area contributed by atoms with Gasteiger partial charge in [-0.3, -0.25) is 0 Å². The Labute approximate surface area is 114 Å². The Kier molecular flexibility index (Phi) is 3.58. The van der Waals surface area contributed by atoms with Gasteiger partial charge in [0.15, 0.2) is 0 Å². The van der Waals surface area contributed by atoms with Crippen LogP contribution in [0.4, 0.5) is 0 Å². The molecule has 5 heteroatoms. The second-order valence-corrected chi connectivity index (χ2v) is 6.24. The number of aromatic nitrogens is 3. The van der Waals surface area contributed by atoms with Gasteiger partial charge in [0.25, 0.3) is 0 Å². The Morgan fingerprint density at radius 1 is 1.26 bits per heavy atom. The van der Waals surface area contributed by atoms with Crippen LogP contribution in [0.5, 0.6) is 0 Å². The van der Waals surface area contributed by atoms with Crippen molar-refractivity contribution in [3.8, 4) is 0 Å². The molecule has 1 N–H and O–H groups in total. The van der Waals surface area contributed by atoms with Crippen molar-refractivity contribution in [2.45, 2.75) is 51.6 Å². The van der Waals surface area contributed by atoms with Crippen LogP contribution < -0.4 is 0 Å². The molecule has 0 spiro atoms. The van der Waals surface area contributed by atoms with Gasteiger partial charge in [-0.15, -0.1) is 10.2 Å². The highest BCUT2D eigenvalue weighted by Crippen LogP contribution is 2.30. The smallest absolute Gasteiger partial charge is 0.137 e. The van der Waals surface area contributed by atoms with E-state index in [1.807, 2.05) is 0 Å². The minimum absolute atomic E-state index is 0.271. The fraction of sp³-hybridized carbons (Fsp3) is 0.857. The van der Waals surface area contributed by atoms with Crippen LogP contribution in [-0.2, 0) is 13.0 Å². The number of likely N-dealkylation sites (tertiary alicyclic amines) is 1. The first-order valence-corrected chi connectivity index (χ1v) is 7.46. The first-order chi connectivity index (χ1) is 9.19. The van der Waals surface area contributed by atoms with Gasteiger partial charge in [0.2, 0.25) is 0 Å². The highest BCUT2D eigenvalue weighted by molar-refractivity contribution is 5.08. The van der Waals surface area contributed by atoms with Crippen molar-refractivity contribution in [1.82, 2.24) is 19.7 Å². The van der Waals surface area contributed by atoms with Crippen molar-refractivity contribution < 1.29 is 5.11 Å². The normalized spacial score (nSPS) is 28.0. The highest BCUT2D eigenvalue weighted by atomic mass is 16.3. The van der Waals surface area contributed by atoms with Crippen LogP contribution in [0.3, 0.4) is 0 Å². The summed E-state index contributed by atoms with van der Waals surface area (Å²) in [5, 5.41) is 18.1.